The van der Waals surface area contributed by atoms with Crippen LogP contribution in [0.2, 0.25) is 0 Å². The average molecular weight is 262 g/mol. The third-order valence-corrected chi connectivity index (χ3v) is 4.98. The monoisotopic (exact) mass is 262 g/mol. The first-order valence-corrected chi connectivity index (χ1v) is 7.67. The van der Waals surface area contributed by atoms with Gasteiger partial charge in [-0.25, -0.2) is 8.42 Å². The number of likely N-dealkylation sites (tertiary alicyclic amines) is 1. The van der Waals surface area contributed by atoms with Crippen molar-refractivity contribution in [3.63, 3.8) is 0 Å². The van der Waals surface area contributed by atoms with E-state index in [2.05, 4.69) is 5.32 Å². The number of carbonyl (C=O) groups excluding carboxylic acids is 1. The van der Waals surface area contributed by atoms with E-state index in [0.29, 0.717) is 19.4 Å². The molecule has 2 unspecified atom stereocenters. The summed E-state index contributed by atoms with van der Waals surface area (Å²) in [5.74, 6) is 0.0723. The summed E-state index contributed by atoms with van der Waals surface area (Å²) in [6, 6.07) is -0.236. The van der Waals surface area contributed by atoms with E-state index in [-0.39, 0.29) is 36.1 Å². The second-order valence-corrected chi connectivity index (χ2v) is 7.07. The number of aliphatic hydroxyl groups is 1. The predicted molar refractivity (Wildman–Crippen MR) is 62.3 cm³/mol. The predicted octanol–water partition coefficient (Wildman–Crippen LogP) is -1.64. The van der Waals surface area contributed by atoms with Crippen molar-refractivity contribution in [2.45, 2.75) is 25.0 Å². The van der Waals surface area contributed by atoms with Gasteiger partial charge < -0.3 is 10.4 Å². The maximum atomic E-state index is 11.6. The van der Waals surface area contributed by atoms with Gasteiger partial charge in [0, 0.05) is 19.1 Å². The van der Waals surface area contributed by atoms with Gasteiger partial charge in [0.25, 0.3) is 0 Å². The summed E-state index contributed by atoms with van der Waals surface area (Å²) in [5, 5.41) is 12.0. The zero-order valence-electron chi connectivity index (χ0n) is 9.63. The van der Waals surface area contributed by atoms with Gasteiger partial charge in [0.2, 0.25) is 5.91 Å². The molecule has 2 fully saturated rings. The van der Waals surface area contributed by atoms with E-state index in [1.807, 2.05) is 4.90 Å². The van der Waals surface area contributed by atoms with Gasteiger partial charge in [-0.1, -0.05) is 0 Å². The molecule has 6 nitrogen and oxygen atoms in total. The second-order valence-electron chi connectivity index (χ2n) is 4.85. The number of nitrogens with zero attached hydrogens (tertiary/aromatic N) is 1. The second kappa shape index (κ2) is 4.91. The Bertz CT molecular complexity index is 395. The molecule has 98 valence electrons. The van der Waals surface area contributed by atoms with Gasteiger partial charge in [0.05, 0.1) is 24.2 Å². The Labute approximate surface area is 101 Å². The lowest BCUT2D eigenvalue weighted by molar-refractivity contribution is -0.122. The van der Waals surface area contributed by atoms with Crippen molar-refractivity contribution >= 4 is 15.7 Å². The summed E-state index contributed by atoms with van der Waals surface area (Å²) < 4.78 is 22.4. The van der Waals surface area contributed by atoms with Gasteiger partial charge in [-0.05, 0) is 12.8 Å². The van der Waals surface area contributed by atoms with Gasteiger partial charge >= 0.3 is 0 Å². The number of rotatable bonds is 3. The summed E-state index contributed by atoms with van der Waals surface area (Å²) in [4.78, 5) is 13.5. The van der Waals surface area contributed by atoms with E-state index in [4.69, 9.17) is 0 Å². The Morgan fingerprint density at radius 3 is 2.71 bits per heavy atom. The molecule has 2 N–H and O–H groups in total. The molecule has 2 aliphatic heterocycles. The summed E-state index contributed by atoms with van der Waals surface area (Å²) in [5.41, 5.74) is 0. The van der Waals surface area contributed by atoms with Crippen LogP contribution in [0.4, 0.5) is 0 Å². The lowest BCUT2D eigenvalue weighted by atomic mass is 10.2. The van der Waals surface area contributed by atoms with Gasteiger partial charge in [-0.15, -0.1) is 0 Å². The topological polar surface area (TPSA) is 86.7 Å². The van der Waals surface area contributed by atoms with E-state index in [1.54, 1.807) is 0 Å². The van der Waals surface area contributed by atoms with Crippen LogP contribution >= 0.6 is 0 Å². The molecule has 0 spiro atoms. The molecular formula is C10H18N2O4S. The third kappa shape index (κ3) is 3.65. The Kier molecular flexibility index (Phi) is 3.70. The fourth-order valence-corrected chi connectivity index (χ4v) is 4.01. The maximum Gasteiger partial charge on any atom is 0.234 e. The van der Waals surface area contributed by atoms with Crippen molar-refractivity contribution in [1.82, 2.24) is 10.2 Å². The van der Waals surface area contributed by atoms with Crippen LogP contribution in [0.5, 0.6) is 0 Å². The minimum atomic E-state index is -2.95. The van der Waals surface area contributed by atoms with Crippen LogP contribution < -0.4 is 5.32 Å². The van der Waals surface area contributed by atoms with Crippen LogP contribution in [0.15, 0.2) is 0 Å². The molecule has 0 aliphatic carbocycles. The van der Waals surface area contributed by atoms with E-state index >= 15 is 0 Å². The lowest BCUT2D eigenvalue weighted by Gasteiger charge is -2.16. The normalized spacial score (nSPS) is 32.8. The highest BCUT2D eigenvalue weighted by atomic mass is 32.2. The minimum Gasteiger partial charge on any atom is -0.392 e. The number of amides is 1. The SMILES string of the molecule is O=C(CN1CCC(O)C1)NC1CCS(=O)(=O)C1. The highest BCUT2D eigenvalue weighted by Gasteiger charge is 2.29. The van der Waals surface area contributed by atoms with Crippen molar-refractivity contribution < 1.29 is 18.3 Å². The molecule has 2 rings (SSSR count). The van der Waals surface area contributed by atoms with Gasteiger partial charge in [-0.2, -0.15) is 0 Å². The Hall–Kier alpha value is -0.660. The largest absolute Gasteiger partial charge is 0.392 e. The van der Waals surface area contributed by atoms with Gasteiger partial charge in [-0.3, -0.25) is 9.69 Å². The zero-order valence-corrected chi connectivity index (χ0v) is 10.4. The molecular weight excluding hydrogens is 244 g/mol. The summed E-state index contributed by atoms with van der Waals surface area (Å²) in [7, 11) is -2.95. The third-order valence-electron chi connectivity index (χ3n) is 3.21. The quantitative estimate of drug-likeness (QED) is 0.637. The summed E-state index contributed by atoms with van der Waals surface area (Å²) in [6.07, 6.45) is 0.872. The smallest absolute Gasteiger partial charge is 0.234 e. The van der Waals surface area contributed by atoms with E-state index in [0.717, 1.165) is 6.54 Å². The van der Waals surface area contributed by atoms with Crippen molar-refractivity contribution in [1.29, 1.82) is 0 Å². The molecule has 0 aromatic carbocycles. The van der Waals surface area contributed by atoms with Gasteiger partial charge in [0.1, 0.15) is 0 Å². The minimum absolute atomic E-state index is 0.0569. The van der Waals surface area contributed by atoms with Crippen LogP contribution in [-0.4, -0.2) is 67.6 Å². The molecule has 2 saturated heterocycles. The van der Waals surface area contributed by atoms with E-state index in [9.17, 15) is 18.3 Å². The number of β-amino-alcohol motifs (C(OH)–C–C–N with tert-alkyl or cyclic N) is 1. The number of aliphatic hydroxyl groups excluding tert-OH is 1. The average Bonchev–Trinajstić information content (AvgIpc) is 2.73. The first kappa shape index (κ1) is 12.8. The number of nitrogens with one attached hydrogen (secondary N) is 1. The van der Waals surface area contributed by atoms with Crippen LogP contribution in [0, 0.1) is 0 Å². The first-order valence-electron chi connectivity index (χ1n) is 5.85. The molecule has 0 radical (unpaired) electrons. The first-order chi connectivity index (χ1) is 7.94. The zero-order chi connectivity index (χ0) is 12.5. The molecule has 2 atom stereocenters. The Morgan fingerprint density at radius 2 is 2.18 bits per heavy atom. The standard InChI is InChI=1S/C10H18N2O4S/c13-9-1-3-12(5-9)6-10(14)11-8-2-4-17(15,16)7-8/h8-9,13H,1-7H2,(H,11,14). The van der Waals surface area contributed by atoms with Crippen LogP contribution in [0.25, 0.3) is 0 Å². The number of carbonyl (C=O) groups is 1. The van der Waals surface area contributed by atoms with Crippen LogP contribution in [-0.2, 0) is 14.6 Å². The molecule has 0 bridgehead atoms. The highest BCUT2D eigenvalue weighted by Crippen LogP contribution is 2.12. The number of hydrogen-bond acceptors (Lipinski definition) is 5. The molecule has 0 aromatic heterocycles. The molecule has 0 saturated carbocycles. The number of sulfone groups is 1. The van der Waals surface area contributed by atoms with Crippen LogP contribution in [0.3, 0.4) is 0 Å². The number of hydrogen-bond donors (Lipinski definition) is 2. The Balaban J connectivity index is 1.75. The molecule has 2 heterocycles. The molecule has 1 amide bonds. The van der Waals surface area contributed by atoms with Crippen molar-refractivity contribution in [2.24, 2.45) is 0 Å². The molecule has 7 heteroatoms. The maximum absolute atomic E-state index is 11.6. The Morgan fingerprint density at radius 1 is 1.41 bits per heavy atom. The van der Waals surface area contributed by atoms with Crippen molar-refractivity contribution in [2.75, 3.05) is 31.1 Å². The van der Waals surface area contributed by atoms with E-state index in [1.165, 1.54) is 0 Å². The van der Waals surface area contributed by atoms with Gasteiger partial charge in [0.15, 0.2) is 9.84 Å². The van der Waals surface area contributed by atoms with Crippen molar-refractivity contribution in [3.8, 4) is 0 Å². The molecule has 17 heavy (non-hydrogen) atoms. The fourth-order valence-electron chi connectivity index (χ4n) is 2.34. The lowest BCUT2D eigenvalue weighted by Crippen LogP contribution is -2.42. The molecule has 2 aliphatic rings. The highest BCUT2D eigenvalue weighted by molar-refractivity contribution is 7.91. The summed E-state index contributed by atoms with van der Waals surface area (Å²) in [6.45, 7) is 1.49. The summed E-state index contributed by atoms with van der Waals surface area (Å²) >= 11 is 0. The van der Waals surface area contributed by atoms with Crippen molar-refractivity contribution in [3.05, 3.63) is 0 Å². The van der Waals surface area contributed by atoms with Crippen LogP contribution in [0.1, 0.15) is 12.8 Å². The van der Waals surface area contributed by atoms with E-state index < -0.39 is 9.84 Å². The molecule has 0 aromatic rings. The fraction of sp³-hybridized carbons (Fsp3) is 0.900.